The van der Waals surface area contributed by atoms with Crippen LogP contribution in [0.5, 0.6) is 0 Å². The van der Waals surface area contributed by atoms with E-state index in [0.717, 1.165) is 20.8 Å². The van der Waals surface area contributed by atoms with Crippen molar-refractivity contribution in [2.45, 2.75) is 0 Å². The lowest BCUT2D eigenvalue weighted by atomic mass is 10.0. The van der Waals surface area contributed by atoms with E-state index in [1.807, 2.05) is 60.7 Å². The Morgan fingerprint density at radius 1 is 0.810 bits per heavy atom. The fourth-order valence-electron chi connectivity index (χ4n) is 2.30. The van der Waals surface area contributed by atoms with Gasteiger partial charge in [0.05, 0.1) is 0 Å². The second-order valence-corrected chi connectivity index (χ2v) is 5.60. The summed E-state index contributed by atoms with van der Waals surface area (Å²) in [6, 6.07) is 21.5. The van der Waals surface area contributed by atoms with Crippen LogP contribution in [0.2, 0.25) is 0 Å². The first-order valence-electron chi connectivity index (χ1n) is 6.70. The normalized spacial score (nSPS) is 11.1. The fourth-order valence-corrected chi connectivity index (χ4v) is 2.77. The summed E-state index contributed by atoms with van der Waals surface area (Å²) in [6.45, 7) is 0. The van der Waals surface area contributed by atoms with Crippen LogP contribution in [-0.4, -0.2) is 5.78 Å². The molecule has 0 bridgehead atoms. The summed E-state index contributed by atoms with van der Waals surface area (Å²) in [7, 11) is 0. The third kappa shape index (κ3) is 2.96. The number of allylic oxidation sites excluding steroid dienone is 1. The molecule has 0 N–H and O–H groups in total. The molecule has 0 saturated carbocycles. The third-order valence-corrected chi connectivity index (χ3v) is 4.07. The molecular weight excluding hydrogens is 324 g/mol. The van der Waals surface area contributed by atoms with Crippen LogP contribution in [0.3, 0.4) is 0 Å². The molecule has 0 amide bonds. The summed E-state index contributed by atoms with van der Waals surface area (Å²) in [5.41, 5.74) is 1.74. The molecule has 0 fully saturated rings. The summed E-state index contributed by atoms with van der Waals surface area (Å²) in [5.74, 6) is 0.0163. The van der Waals surface area contributed by atoms with Crippen LogP contribution in [0, 0.1) is 0 Å². The highest BCUT2D eigenvalue weighted by atomic mass is 79.9. The first-order valence-corrected chi connectivity index (χ1v) is 7.50. The van der Waals surface area contributed by atoms with Crippen LogP contribution in [0.15, 0.2) is 77.3 Å². The highest BCUT2D eigenvalue weighted by Gasteiger charge is 2.03. The Morgan fingerprint density at radius 2 is 1.48 bits per heavy atom. The zero-order chi connectivity index (χ0) is 14.7. The van der Waals surface area contributed by atoms with Crippen molar-refractivity contribution in [1.82, 2.24) is 0 Å². The molecule has 0 unspecified atom stereocenters. The molecule has 0 saturated heterocycles. The second kappa shape index (κ2) is 6.06. The molecule has 102 valence electrons. The maximum atomic E-state index is 12.1. The molecule has 1 nitrogen and oxygen atoms in total. The zero-order valence-corrected chi connectivity index (χ0v) is 12.9. The van der Waals surface area contributed by atoms with Gasteiger partial charge in [-0.2, -0.15) is 0 Å². The fraction of sp³-hybridized carbons (Fsp3) is 0. The third-order valence-electron chi connectivity index (χ3n) is 3.38. The van der Waals surface area contributed by atoms with Gasteiger partial charge in [0.25, 0.3) is 0 Å². The smallest absolute Gasteiger partial charge is 0.185 e. The molecule has 3 aromatic rings. The van der Waals surface area contributed by atoms with E-state index in [-0.39, 0.29) is 5.78 Å². The Balaban J connectivity index is 1.97. The van der Waals surface area contributed by atoms with Crippen molar-refractivity contribution in [2.24, 2.45) is 0 Å². The minimum absolute atomic E-state index is 0.0163. The number of hydrogen-bond acceptors (Lipinski definition) is 1. The number of benzene rings is 3. The predicted octanol–water partition coefficient (Wildman–Crippen LogP) is 5.50. The molecule has 3 aromatic carbocycles. The number of rotatable bonds is 3. The standard InChI is InChI=1S/C19H13BrO/c20-18-12-10-14(16-8-4-5-9-17(16)18)11-13-19(21)15-6-2-1-3-7-15/h1-13H/b13-11+. The van der Waals surface area contributed by atoms with Gasteiger partial charge in [0.2, 0.25) is 0 Å². The average Bonchev–Trinajstić information content (AvgIpc) is 2.55. The second-order valence-electron chi connectivity index (χ2n) is 4.75. The first-order chi connectivity index (χ1) is 10.3. The van der Waals surface area contributed by atoms with Crippen LogP contribution in [0.4, 0.5) is 0 Å². The van der Waals surface area contributed by atoms with Crippen molar-refractivity contribution < 1.29 is 4.79 Å². The van der Waals surface area contributed by atoms with E-state index in [1.54, 1.807) is 6.08 Å². The summed E-state index contributed by atoms with van der Waals surface area (Å²) >= 11 is 3.56. The minimum Gasteiger partial charge on any atom is -0.289 e. The van der Waals surface area contributed by atoms with Gasteiger partial charge in [-0.05, 0) is 28.5 Å². The van der Waals surface area contributed by atoms with Gasteiger partial charge >= 0.3 is 0 Å². The van der Waals surface area contributed by atoms with Gasteiger partial charge in [-0.15, -0.1) is 0 Å². The Kier molecular flexibility index (Phi) is 3.98. The largest absolute Gasteiger partial charge is 0.289 e. The van der Waals surface area contributed by atoms with Crippen LogP contribution < -0.4 is 0 Å². The average molecular weight is 337 g/mol. The number of halogens is 1. The van der Waals surface area contributed by atoms with Gasteiger partial charge in [-0.1, -0.05) is 82.7 Å². The maximum Gasteiger partial charge on any atom is 0.185 e. The van der Waals surface area contributed by atoms with Crippen molar-refractivity contribution >= 4 is 38.6 Å². The SMILES string of the molecule is O=C(/C=C/c1ccc(Br)c2ccccc12)c1ccccc1. The molecule has 0 aliphatic rings. The van der Waals surface area contributed by atoms with E-state index in [2.05, 4.69) is 28.1 Å². The van der Waals surface area contributed by atoms with E-state index in [1.165, 1.54) is 0 Å². The van der Waals surface area contributed by atoms with E-state index in [0.29, 0.717) is 5.56 Å². The summed E-state index contributed by atoms with van der Waals surface area (Å²) in [5, 5.41) is 2.27. The zero-order valence-electron chi connectivity index (χ0n) is 11.3. The Labute approximate surface area is 132 Å². The maximum absolute atomic E-state index is 12.1. The van der Waals surface area contributed by atoms with Gasteiger partial charge in [0, 0.05) is 10.0 Å². The molecule has 0 spiro atoms. The van der Waals surface area contributed by atoms with Gasteiger partial charge in [0.15, 0.2) is 5.78 Å². The van der Waals surface area contributed by atoms with Crippen molar-refractivity contribution in [1.29, 1.82) is 0 Å². The van der Waals surface area contributed by atoms with Gasteiger partial charge in [0.1, 0.15) is 0 Å². The molecular formula is C19H13BrO. The van der Waals surface area contributed by atoms with Crippen molar-refractivity contribution in [3.63, 3.8) is 0 Å². The quantitative estimate of drug-likeness (QED) is 0.456. The lowest BCUT2D eigenvalue weighted by Gasteiger charge is -2.04. The minimum atomic E-state index is 0.0163. The molecule has 0 aliphatic carbocycles. The first kappa shape index (κ1) is 13.8. The molecule has 21 heavy (non-hydrogen) atoms. The Hall–Kier alpha value is -2.19. The summed E-state index contributed by atoms with van der Waals surface area (Å²) in [6.07, 6.45) is 3.51. The van der Waals surface area contributed by atoms with Crippen LogP contribution in [0.1, 0.15) is 15.9 Å². The van der Waals surface area contributed by atoms with Crippen molar-refractivity contribution in [2.75, 3.05) is 0 Å². The van der Waals surface area contributed by atoms with E-state index >= 15 is 0 Å². The molecule has 0 heterocycles. The molecule has 2 heteroatoms. The summed E-state index contributed by atoms with van der Waals surface area (Å²) in [4.78, 5) is 12.1. The van der Waals surface area contributed by atoms with Gasteiger partial charge < -0.3 is 0 Å². The van der Waals surface area contributed by atoms with E-state index < -0.39 is 0 Å². The molecule has 0 aliphatic heterocycles. The van der Waals surface area contributed by atoms with E-state index in [9.17, 15) is 4.79 Å². The Morgan fingerprint density at radius 3 is 2.24 bits per heavy atom. The number of carbonyl (C=O) groups excluding carboxylic acids is 1. The van der Waals surface area contributed by atoms with E-state index in [4.69, 9.17) is 0 Å². The number of hydrogen-bond donors (Lipinski definition) is 0. The lowest BCUT2D eigenvalue weighted by molar-refractivity contribution is 0.104. The van der Waals surface area contributed by atoms with Crippen molar-refractivity contribution in [3.8, 4) is 0 Å². The summed E-state index contributed by atoms with van der Waals surface area (Å²) < 4.78 is 1.06. The number of ketones is 1. The molecule has 0 atom stereocenters. The van der Waals surface area contributed by atoms with Crippen LogP contribution >= 0.6 is 15.9 Å². The van der Waals surface area contributed by atoms with Crippen LogP contribution in [-0.2, 0) is 0 Å². The number of carbonyl (C=O) groups is 1. The Bertz CT molecular complexity index is 819. The molecule has 3 rings (SSSR count). The van der Waals surface area contributed by atoms with Gasteiger partial charge in [-0.25, -0.2) is 0 Å². The molecule has 0 aromatic heterocycles. The molecule has 0 radical (unpaired) electrons. The predicted molar refractivity (Wildman–Crippen MR) is 91.5 cm³/mol. The topological polar surface area (TPSA) is 17.1 Å². The lowest BCUT2D eigenvalue weighted by Crippen LogP contribution is -1.92. The van der Waals surface area contributed by atoms with Crippen molar-refractivity contribution in [3.05, 3.63) is 88.4 Å². The monoisotopic (exact) mass is 336 g/mol. The van der Waals surface area contributed by atoms with Crippen LogP contribution in [0.25, 0.3) is 16.8 Å². The highest BCUT2D eigenvalue weighted by molar-refractivity contribution is 9.10. The number of fused-ring (bicyclic) bond motifs is 1. The van der Waals surface area contributed by atoms with Gasteiger partial charge in [-0.3, -0.25) is 4.79 Å². The highest BCUT2D eigenvalue weighted by Crippen LogP contribution is 2.27.